The maximum Gasteiger partial charge on any atom is 0.220 e. The van der Waals surface area contributed by atoms with Crippen LogP contribution in [-0.2, 0) is 4.79 Å². The Morgan fingerprint density at radius 3 is 1.32 bits per heavy atom. The minimum absolute atomic E-state index is 0.426. The number of carbonyl (C=O) groups excluding carboxylic acids is 1. The van der Waals surface area contributed by atoms with Crippen molar-refractivity contribution in [1.82, 2.24) is 4.90 Å². The first-order valence-corrected chi connectivity index (χ1v) is 8.56. The molecule has 6 heteroatoms. The van der Waals surface area contributed by atoms with Gasteiger partial charge >= 0.3 is 0 Å². The summed E-state index contributed by atoms with van der Waals surface area (Å²) in [5.74, 6) is -0.426. The molecule has 0 spiro atoms. The van der Waals surface area contributed by atoms with Crippen molar-refractivity contribution in [3.05, 3.63) is 71.8 Å². The van der Waals surface area contributed by atoms with Gasteiger partial charge in [-0.3, -0.25) is 4.79 Å². The van der Waals surface area contributed by atoms with Crippen molar-refractivity contribution in [2.24, 2.45) is 10.8 Å². The standard InChI is InChI=1S/C22H15N5O/c1-16(28)27-19(17-8-4-2-5-9-17)21(12-23,13-24)22(14-25,15-26)20(27)18-10-6-3-7-11-18/h2-11,19-20H,1H3. The minimum Gasteiger partial charge on any atom is -0.323 e. The Labute approximate surface area is 163 Å². The van der Waals surface area contributed by atoms with Gasteiger partial charge in [0.2, 0.25) is 16.7 Å². The molecule has 2 unspecified atom stereocenters. The van der Waals surface area contributed by atoms with Crippen molar-refractivity contribution in [1.29, 1.82) is 21.0 Å². The first kappa shape index (κ1) is 18.7. The molecular weight excluding hydrogens is 350 g/mol. The first-order chi connectivity index (χ1) is 13.5. The van der Waals surface area contributed by atoms with E-state index in [1.165, 1.54) is 11.8 Å². The number of likely N-dealkylation sites (tertiary alicyclic amines) is 1. The largest absolute Gasteiger partial charge is 0.323 e. The van der Waals surface area contributed by atoms with Crippen LogP contribution in [0.2, 0.25) is 0 Å². The summed E-state index contributed by atoms with van der Waals surface area (Å²) in [5, 5.41) is 40.4. The lowest BCUT2D eigenvalue weighted by Crippen LogP contribution is -2.39. The molecule has 2 aromatic rings. The molecule has 1 amide bonds. The molecule has 2 aromatic carbocycles. The maximum absolute atomic E-state index is 12.7. The molecule has 3 rings (SSSR count). The van der Waals surface area contributed by atoms with E-state index in [0.29, 0.717) is 11.1 Å². The molecule has 1 fully saturated rings. The molecular formula is C22H15N5O. The van der Waals surface area contributed by atoms with Gasteiger partial charge in [0.05, 0.1) is 36.4 Å². The average molecular weight is 365 g/mol. The second-order valence-corrected chi connectivity index (χ2v) is 6.62. The Bertz CT molecular complexity index is 957. The second-order valence-electron chi connectivity index (χ2n) is 6.62. The Morgan fingerprint density at radius 2 is 1.07 bits per heavy atom. The lowest BCUT2D eigenvalue weighted by molar-refractivity contribution is -0.132. The average Bonchev–Trinajstić information content (AvgIpc) is 3.02. The molecule has 0 saturated carbocycles. The van der Waals surface area contributed by atoms with Crippen LogP contribution in [0.25, 0.3) is 0 Å². The van der Waals surface area contributed by atoms with Crippen LogP contribution in [0.4, 0.5) is 0 Å². The van der Waals surface area contributed by atoms with Gasteiger partial charge in [0.25, 0.3) is 0 Å². The fourth-order valence-electron chi connectivity index (χ4n) is 4.10. The number of benzene rings is 2. The van der Waals surface area contributed by atoms with Crippen LogP contribution in [0.1, 0.15) is 30.1 Å². The molecule has 0 radical (unpaired) electrons. The van der Waals surface area contributed by atoms with E-state index >= 15 is 0 Å². The summed E-state index contributed by atoms with van der Waals surface area (Å²) in [6.07, 6.45) is 0. The quantitative estimate of drug-likeness (QED) is 0.809. The highest BCUT2D eigenvalue weighted by Crippen LogP contribution is 2.65. The highest BCUT2D eigenvalue weighted by molar-refractivity contribution is 5.77. The lowest BCUT2D eigenvalue weighted by atomic mass is 9.61. The summed E-state index contributed by atoms with van der Waals surface area (Å²) in [6, 6.07) is 22.9. The molecule has 28 heavy (non-hydrogen) atoms. The SMILES string of the molecule is CC(=O)N1C(c2ccccc2)C(C#N)(C#N)C(C#N)(C#N)C1c1ccccc1. The van der Waals surface area contributed by atoms with Gasteiger partial charge in [-0.25, -0.2) is 0 Å². The first-order valence-electron chi connectivity index (χ1n) is 8.56. The molecule has 0 bridgehead atoms. The van der Waals surface area contributed by atoms with Gasteiger partial charge in [0.1, 0.15) is 0 Å². The maximum atomic E-state index is 12.7. The van der Waals surface area contributed by atoms with E-state index in [2.05, 4.69) is 0 Å². The number of nitrogens with zero attached hydrogens (tertiary/aromatic N) is 5. The second kappa shape index (κ2) is 6.88. The zero-order chi connectivity index (χ0) is 20.4. The smallest absolute Gasteiger partial charge is 0.220 e. The van der Waals surface area contributed by atoms with E-state index in [-0.39, 0.29) is 0 Å². The summed E-state index contributed by atoms with van der Waals surface area (Å²) in [4.78, 5) is 14.1. The molecule has 0 aromatic heterocycles. The van der Waals surface area contributed by atoms with E-state index in [1.54, 1.807) is 60.7 Å². The molecule has 2 atom stereocenters. The van der Waals surface area contributed by atoms with Gasteiger partial charge in [-0.05, 0) is 11.1 Å². The Hall–Kier alpha value is -4.13. The molecule has 1 heterocycles. The van der Waals surface area contributed by atoms with E-state index in [0.717, 1.165) is 0 Å². The summed E-state index contributed by atoms with van der Waals surface area (Å²) >= 11 is 0. The Balaban J connectivity index is 2.45. The zero-order valence-corrected chi connectivity index (χ0v) is 15.1. The number of amides is 1. The lowest BCUT2D eigenvalue weighted by Gasteiger charge is -2.31. The molecule has 1 aliphatic rings. The highest BCUT2D eigenvalue weighted by Gasteiger charge is 2.73. The van der Waals surface area contributed by atoms with E-state index in [9.17, 15) is 25.8 Å². The summed E-state index contributed by atoms with van der Waals surface area (Å²) in [5.41, 5.74) is -3.09. The van der Waals surface area contributed by atoms with Crippen molar-refractivity contribution >= 4 is 5.91 Å². The van der Waals surface area contributed by atoms with Crippen molar-refractivity contribution in [2.45, 2.75) is 19.0 Å². The number of rotatable bonds is 2. The predicted molar refractivity (Wildman–Crippen MR) is 98.2 cm³/mol. The molecule has 1 aliphatic heterocycles. The van der Waals surface area contributed by atoms with Crippen LogP contribution < -0.4 is 0 Å². The van der Waals surface area contributed by atoms with Gasteiger partial charge in [-0.2, -0.15) is 21.0 Å². The molecule has 134 valence electrons. The van der Waals surface area contributed by atoms with Crippen molar-refractivity contribution in [2.75, 3.05) is 0 Å². The number of hydrogen-bond acceptors (Lipinski definition) is 5. The van der Waals surface area contributed by atoms with Gasteiger partial charge < -0.3 is 4.90 Å². The van der Waals surface area contributed by atoms with Gasteiger partial charge in [0, 0.05) is 6.92 Å². The van der Waals surface area contributed by atoms with E-state index in [4.69, 9.17) is 0 Å². The van der Waals surface area contributed by atoms with Gasteiger partial charge in [-0.15, -0.1) is 0 Å². The number of nitriles is 4. The molecule has 0 aliphatic carbocycles. The monoisotopic (exact) mass is 365 g/mol. The molecule has 0 N–H and O–H groups in total. The third kappa shape index (κ3) is 2.26. The molecule has 6 nitrogen and oxygen atoms in total. The minimum atomic E-state index is -2.07. The normalized spacial score (nSPS) is 21.5. The molecule has 1 saturated heterocycles. The van der Waals surface area contributed by atoms with Crippen LogP contribution >= 0.6 is 0 Å². The van der Waals surface area contributed by atoms with Crippen molar-refractivity contribution in [3.8, 4) is 24.3 Å². The number of carbonyl (C=O) groups is 1. The van der Waals surface area contributed by atoms with Crippen molar-refractivity contribution < 1.29 is 4.79 Å². The van der Waals surface area contributed by atoms with E-state index < -0.39 is 28.8 Å². The van der Waals surface area contributed by atoms with Gasteiger partial charge in [0.15, 0.2) is 0 Å². The third-order valence-corrected chi connectivity index (χ3v) is 5.30. The van der Waals surface area contributed by atoms with Crippen LogP contribution in [0, 0.1) is 56.2 Å². The fraction of sp³-hybridized carbons (Fsp3) is 0.227. The summed E-state index contributed by atoms with van der Waals surface area (Å²) in [7, 11) is 0. The van der Waals surface area contributed by atoms with E-state index in [1.807, 2.05) is 24.3 Å². The zero-order valence-electron chi connectivity index (χ0n) is 15.1. The Morgan fingerprint density at radius 1 is 0.750 bits per heavy atom. The van der Waals surface area contributed by atoms with Crippen LogP contribution in [0.15, 0.2) is 60.7 Å². The van der Waals surface area contributed by atoms with Crippen LogP contribution in [0.5, 0.6) is 0 Å². The summed E-state index contributed by atoms with van der Waals surface area (Å²) in [6.45, 7) is 1.32. The Kier molecular flexibility index (Phi) is 4.58. The number of hydrogen-bond donors (Lipinski definition) is 0. The van der Waals surface area contributed by atoms with Crippen LogP contribution in [0.3, 0.4) is 0 Å². The van der Waals surface area contributed by atoms with Gasteiger partial charge in [-0.1, -0.05) is 60.7 Å². The summed E-state index contributed by atoms with van der Waals surface area (Å²) < 4.78 is 0. The fourth-order valence-corrected chi connectivity index (χ4v) is 4.10. The topological polar surface area (TPSA) is 115 Å². The highest BCUT2D eigenvalue weighted by atomic mass is 16.2. The predicted octanol–water partition coefficient (Wildman–Crippen LogP) is 3.40. The van der Waals surface area contributed by atoms with Crippen molar-refractivity contribution in [3.63, 3.8) is 0 Å². The third-order valence-electron chi connectivity index (χ3n) is 5.30. The van der Waals surface area contributed by atoms with Crippen LogP contribution in [-0.4, -0.2) is 10.8 Å².